The maximum absolute atomic E-state index is 13.3. The Balaban J connectivity index is 1.55. The van der Waals surface area contributed by atoms with Crippen LogP contribution >= 0.6 is 12.2 Å². The van der Waals surface area contributed by atoms with Crippen LogP contribution in [-0.4, -0.2) is 38.8 Å². The number of amides is 3. The molecule has 1 heterocycles. The number of hydrogen-bond donors (Lipinski definition) is 2. The summed E-state index contributed by atoms with van der Waals surface area (Å²) in [5, 5.41) is 4.25. The molecule has 166 valence electrons. The molecule has 0 spiro atoms. The number of anilines is 1. The van der Waals surface area contributed by atoms with Crippen LogP contribution in [0.15, 0.2) is 91.0 Å². The molecule has 0 unspecified atom stereocenters. The maximum atomic E-state index is 13.3. The molecule has 3 aromatic carbocycles. The average Bonchev–Trinajstić information content (AvgIpc) is 3.05. The number of nitrogens with zero attached hydrogens (tertiary/aromatic N) is 2. The van der Waals surface area contributed by atoms with Gasteiger partial charge in [-0.1, -0.05) is 66.7 Å². The quantitative estimate of drug-likeness (QED) is 0.531. The molecule has 1 fully saturated rings. The number of hydrazine groups is 1. The topological polar surface area (TPSA) is 81.8 Å². The van der Waals surface area contributed by atoms with E-state index in [0.29, 0.717) is 11.3 Å². The summed E-state index contributed by atoms with van der Waals surface area (Å²) in [4.78, 5) is 40.2. The minimum absolute atomic E-state index is 0.144. The van der Waals surface area contributed by atoms with Crippen molar-refractivity contribution in [3.05, 3.63) is 102 Å². The average molecular weight is 459 g/mol. The molecule has 1 atom stereocenters. The van der Waals surface area contributed by atoms with Crippen LogP contribution in [0.4, 0.5) is 5.69 Å². The van der Waals surface area contributed by atoms with E-state index >= 15 is 0 Å². The van der Waals surface area contributed by atoms with Gasteiger partial charge in [-0.05, 0) is 42.0 Å². The van der Waals surface area contributed by atoms with Crippen LogP contribution in [0.25, 0.3) is 0 Å². The zero-order valence-electron chi connectivity index (χ0n) is 17.7. The van der Waals surface area contributed by atoms with E-state index < -0.39 is 11.9 Å². The van der Waals surface area contributed by atoms with Gasteiger partial charge in [-0.15, -0.1) is 0 Å². The molecule has 33 heavy (non-hydrogen) atoms. The fourth-order valence-electron chi connectivity index (χ4n) is 3.54. The lowest BCUT2D eigenvalue weighted by molar-refractivity contribution is -0.131. The zero-order valence-corrected chi connectivity index (χ0v) is 18.5. The molecule has 7 nitrogen and oxygen atoms in total. The molecular formula is C25H22N4O3S. The van der Waals surface area contributed by atoms with Crippen molar-refractivity contribution in [2.75, 3.05) is 5.32 Å². The van der Waals surface area contributed by atoms with Crippen molar-refractivity contribution in [3.63, 3.8) is 0 Å². The van der Waals surface area contributed by atoms with Crippen LogP contribution < -0.4 is 10.7 Å². The highest BCUT2D eigenvalue weighted by Crippen LogP contribution is 2.22. The normalized spacial score (nSPS) is 15.5. The first-order chi connectivity index (χ1) is 16.0. The Hall–Kier alpha value is -4.04. The number of rotatable bonds is 7. The maximum Gasteiger partial charge on any atom is 0.269 e. The van der Waals surface area contributed by atoms with E-state index in [0.717, 1.165) is 5.56 Å². The second-order valence-electron chi connectivity index (χ2n) is 7.50. The van der Waals surface area contributed by atoms with Gasteiger partial charge in [0.25, 0.3) is 11.8 Å². The van der Waals surface area contributed by atoms with Crippen molar-refractivity contribution in [2.45, 2.75) is 19.0 Å². The fraction of sp³-hybridized carbons (Fsp3) is 0.120. The van der Waals surface area contributed by atoms with E-state index in [1.807, 2.05) is 36.4 Å². The van der Waals surface area contributed by atoms with E-state index in [2.05, 4.69) is 10.7 Å². The fourth-order valence-corrected chi connectivity index (χ4v) is 3.86. The molecule has 3 amide bonds. The van der Waals surface area contributed by atoms with Crippen molar-refractivity contribution < 1.29 is 14.4 Å². The Labute approximate surface area is 197 Å². The monoisotopic (exact) mass is 458 g/mol. The second-order valence-corrected chi connectivity index (χ2v) is 7.87. The number of carbonyl (C=O) groups is 3. The molecule has 0 aromatic heterocycles. The lowest BCUT2D eigenvalue weighted by Crippen LogP contribution is -2.49. The van der Waals surface area contributed by atoms with Crippen LogP contribution in [0, 0.1) is 0 Å². The standard InChI is InChI=1S/C25H22N4O3S/c30-22(26-20-14-8-3-9-15-20)16-21-24(32)28(17-18-10-4-1-5-11-18)25(33)29(21)27-23(31)19-12-6-2-7-13-19/h1-15,21H,16-17H2,(H,26,30)(H,27,31)/t21-/m1/s1. The lowest BCUT2D eigenvalue weighted by Gasteiger charge is -2.24. The minimum Gasteiger partial charge on any atom is -0.326 e. The van der Waals surface area contributed by atoms with E-state index in [1.165, 1.54) is 9.91 Å². The number of carbonyl (C=O) groups excluding carboxylic acids is 3. The zero-order chi connectivity index (χ0) is 23.2. The van der Waals surface area contributed by atoms with Crippen molar-refractivity contribution >= 4 is 40.7 Å². The smallest absolute Gasteiger partial charge is 0.269 e. The SMILES string of the molecule is O=C(C[C@@H]1C(=O)N(Cc2ccccc2)C(=S)N1NC(=O)c1ccccc1)Nc1ccccc1. The number of nitrogens with one attached hydrogen (secondary N) is 2. The Morgan fingerprint density at radius 3 is 2.06 bits per heavy atom. The summed E-state index contributed by atoms with van der Waals surface area (Å²) in [5.41, 5.74) is 4.65. The summed E-state index contributed by atoms with van der Waals surface area (Å²) in [6.07, 6.45) is -0.172. The van der Waals surface area contributed by atoms with Gasteiger partial charge in [-0.3, -0.25) is 24.7 Å². The summed E-state index contributed by atoms with van der Waals surface area (Å²) >= 11 is 5.55. The van der Waals surface area contributed by atoms with Gasteiger partial charge in [-0.25, -0.2) is 5.01 Å². The van der Waals surface area contributed by atoms with Gasteiger partial charge in [0.1, 0.15) is 6.04 Å². The molecular weight excluding hydrogens is 436 g/mol. The minimum atomic E-state index is -0.961. The number of hydrogen-bond acceptors (Lipinski definition) is 4. The van der Waals surface area contributed by atoms with Crippen LogP contribution in [0.1, 0.15) is 22.3 Å². The molecule has 2 N–H and O–H groups in total. The molecule has 1 saturated heterocycles. The van der Waals surface area contributed by atoms with Crippen LogP contribution in [0.5, 0.6) is 0 Å². The Kier molecular flexibility index (Phi) is 6.75. The molecule has 0 aliphatic carbocycles. The van der Waals surface area contributed by atoms with Crippen LogP contribution in [-0.2, 0) is 16.1 Å². The predicted molar refractivity (Wildman–Crippen MR) is 129 cm³/mol. The number of para-hydroxylation sites is 1. The predicted octanol–water partition coefficient (Wildman–Crippen LogP) is 3.36. The summed E-state index contributed by atoms with van der Waals surface area (Å²) in [7, 11) is 0. The van der Waals surface area contributed by atoms with Crippen molar-refractivity contribution in [1.82, 2.24) is 15.3 Å². The molecule has 3 aromatic rings. The largest absolute Gasteiger partial charge is 0.326 e. The van der Waals surface area contributed by atoms with E-state index in [9.17, 15) is 14.4 Å². The van der Waals surface area contributed by atoms with Gasteiger partial charge in [-0.2, -0.15) is 0 Å². The van der Waals surface area contributed by atoms with Gasteiger partial charge >= 0.3 is 0 Å². The van der Waals surface area contributed by atoms with E-state index in [4.69, 9.17) is 12.2 Å². The molecule has 0 bridgehead atoms. The lowest BCUT2D eigenvalue weighted by atomic mass is 10.1. The second kappa shape index (κ2) is 10.1. The molecule has 0 radical (unpaired) electrons. The third-order valence-electron chi connectivity index (χ3n) is 5.18. The molecule has 8 heteroatoms. The van der Waals surface area contributed by atoms with Crippen molar-refractivity contribution in [1.29, 1.82) is 0 Å². The van der Waals surface area contributed by atoms with Crippen molar-refractivity contribution in [3.8, 4) is 0 Å². The summed E-state index contributed by atoms with van der Waals surface area (Å²) < 4.78 is 0. The first-order valence-electron chi connectivity index (χ1n) is 10.4. The Bertz CT molecular complexity index is 1160. The highest BCUT2D eigenvalue weighted by atomic mass is 32.1. The van der Waals surface area contributed by atoms with Gasteiger partial charge in [0.05, 0.1) is 13.0 Å². The first-order valence-corrected chi connectivity index (χ1v) is 10.8. The first kappa shape index (κ1) is 22.2. The summed E-state index contributed by atoms with van der Waals surface area (Å²) in [6, 6.07) is 26.0. The van der Waals surface area contributed by atoms with Crippen molar-refractivity contribution in [2.24, 2.45) is 0 Å². The van der Waals surface area contributed by atoms with Gasteiger partial charge in [0.15, 0.2) is 5.11 Å². The molecule has 0 saturated carbocycles. The number of benzene rings is 3. The van der Waals surface area contributed by atoms with Gasteiger partial charge in [0.2, 0.25) is 5.91 Å². The third-order valence-corrected chi connectivity index (χ3v) is 5.59. The number of thiocarbonyl (C=S) groups is 1. The van der Waals surface area contributed by atoms with Crippen LogP contribution in [0.3, 0.4) is 0 Å². The highest BCUT2D eigenvalue weighted by molar-refractivity contribution is 7.80. The van der Waals surface area contributed by atoms with Crippen LogP contribution in [0.2, 0.25) is 0 Å². The Morgan fingerprint density at radius 2 is 1.42 bits per heavy atom. The third kappa shape index (κ3) is 5.24. The van der Waals surface area contributed by atoms with Gasteiger partial charge in [0, 0.05) is 11.3 Å². The summed E-state index contributed by atoms with van der Waals surface area (Å²) in [5.74, 6) is -1.12. The summed E-state index contributed by atoms with van der Waals surface area (Å²) in [6.45, 7) is 0.243. The Morgan fingerprint density at radius 1 is 0.848 bits per heavy atom. The van der Waals surface area contributed by atoms with E-state index in [-0.39, 0.29) is 29.9 Å². The van der Waals surface area contributed by atoms with E-state index in [1.54, 1.807) is 54.6 Å². The molecule has 1 aliphatic rings. The molecule has 4 rings (SSSR count). The molecule has 1 aliphatic heterocycles. The highest BCUT2D eigenvalue weighted by Gasteiger charge is 2.44. The van der Waals surface area contributed by atoms with Gasteiger partial charge < -0.3 is 5.32 Å².